The molecule has 4 rings (SSSR count). The molecule has 0 bridgehead atoms. The minimum absolute atomic E-state index is 0.0654. The molecule has 2 aliphatic rings. The van der Waals surface area contributed by atoms with Gasteiger partial charge in [0, 0.05) is 46.5 Å². The van der Waals surface area contributed by atoms with Crippen LogP contribution in [0.4, 0.5) is 16.2 Å². The van der Waals surface area contributed by atoms with Crippen LogP contribution in [-0.2, 0) is 14.8 Å². The van der Waals surface area contributed by atoms with Crippen molar-refractivity contribution >= 4 is 56.4 Å². The lowest BCUT2D eigenvalue weighted by atomic mass is 10.2. The number of carbonyl (C=O) groups is 2. The fraction of sp³-hybridized carbons (Fsp3) is 0.368. The zero-order valence-corrected chi connectivity index (χ0v) is 19.0. The molecule has 0 aliphatic carbocycles. The molecule has 160 valence electrons. The Morgan fingerprint density at radius 1 is 1.13 bits per heavy atom. The highest BCUT2D eigenvalue weighted by Gasteiger charge is 2.32. The summed E-state index contributed by atoms with van der Waals surface area (Å²) >= 11 is 2.93. The van der Waals surface area contributed by atoms with Gasteiger partial charge in [0.25, 0.3) is 0 Å². The Morgan fingerprint density at radius 2 is 1.87 bits per heavy atom. The zero-order chi connectivity index (χ0) is 21.5. The zero-order valence-electron chi connectivity index (χ0n) is 16.6. The van der Waals surface area contributed by atoms with Gasteiger partial charge in [-0.05, 0) is 38.1 Å². The summed E-state index contributed by atoms with van der Waals surface area (Å²) in [6.45, 7) is 4.83. The molecule has 3 heterocycles. The fourth-order valence-electron chi connectivity index (χ4n) is 3.50. The van der Waals surface area contributed by atoms with Crippen LogP contribution in [0.3, 0.4) is 0 Å². The number of thiophene rings is 1. The van der Waals surface area contributed by atoms with Gasteiger partial charge in [-0.1, -0.05) is 0 Å². The van der Waals surface area contributed by atoms with Gasteiger partial charge in [0.15, 0.2) is 0 Å². The number of thioether (sulfide) groups is 1. The van der Waals surface area contributed by atoms with Gasteiger partial charge in [-0.2, -0.15) is 4.31 Å². The fourth-order valence-corrected chi connectivity index (χ4v) is 7.23. The monoisotopic (exact) mass is 466 g/mol. The van der Waals surface area contributed by atoms with E-state index in [9.17, 15) is 18.0 Å². The van der Waals surface area contributed by atoms with Gasteiger partial charge in [0.1, 0.15) is 0 Å². The number of urea groups is 1. The van der Waals surface area contributed by atoms with Gasteiger partial charge in [-0.15, -0.1) is 23.1 Å². The number of hydrogen-bond donors (Lipinski definition) is 2. The van der Waals surface area contributed by atoms with Crippen molar-refractivity contribution in [2.24, 2.45) is 0 Å². The van der Waals surface area contributed by atoms with Crippen LogP contribution in [-0.4, -0.2) is 61.5 Å². The first-order valence-electron chi connectivity index (χ1n) is 9.44. The molecule has 1 aromatic carbocycles. The lowest BCUT2D eigenvalue weighted by molar-refractivity contribution is -0.113. The topological polar surface area (TPSA) is 98.8 Å². The summed E-state index contributed by atoms with van der Waals surface area (Å²) < 4.78 is 27.3. The smallest absolute Gasteiger partial charge is 0.321 e. The molecule has 3 amide bonds. The Kier molecular flexibility index (Phi) is 5.80. The number of aryl methyl sites for hydroxylation is 2. The minimum atomic E-state index is -3.55. The third-order valence-electron chi connectivity index (χ3n) is 5.00. The molecule has 0 radical (unpaired) electrons. The van der Waals surface area contributed by atoms with E-state index in [2.05, 4.69) is 10.6 Å². The average molecular weight is 467 g/mol. The highest BCUT2D eigenvalue weighted by atomic mass is 32.2. The second kappa shape index (κ2) is 8.22. The van der Waals surface area contributed by atoms with Gasteiger partial charge >= 0.3 is 6.03 Å². The second-order valence-corrected chi connectivity index (χ2v) is 11.5. The number of fused-ring (bicyclic) bond motifs is 1. The first kappa shape index (κ1) is 21.2. The highest BCUT2D eigenvalue weighted by Crippen LogP contribution is 2.33. The summed E-state index contributed by atoms with van der Waals surface area (Å²) in [7, 11) is -3.55. The van der Waals surface area contributed by atoms with Crippen LogP contribution in [0.1, 0.15) is 9.75 Å². The molecule has 1 aromatic heterocycles. The molecule has 0 unspecified atom stereocenters. The molecular formula is C19H22N4O4S3. The van der Waals surface area contributed by atoms with Gasteiger partial charge < -0.3 is 15.5 Å². The van der Waals surface area contributed by atoms with Crippen molar-refractivity contribution in [1.29, 1.82) is 0 Å². The van der Waals surface area contributed by atoms with E-state index >= 15 is 0 Å². The van der Waals surface area contributed by atoms with E-state index in [0.29, 0.717) is 35.1 Å². The predicted molar refractivity (Wildman–Crippen MR) is 119 cm³/mol. The van der Waals surface area contributed by atoms with Gasteiger partial charge in [-0.3, -0.25) is 4.79 Å². The van der Waals surface area contributed by atoms with E-state index in [1.807, 2.05) is 19.9 Å². The Morgan fingerprint density at radius 3 is 2.53 bits per heavy atom. The molecule has 2 N–H and O–H groups in total. The Labute approximate surface area is 183 Å². The number of nitrogens with zero attached hydrogens (tertiary/aromatic N) is 2. The molecule has 8 nitrogen and oxygen atoms in total. The van der Waals surface area contributed by atoms with Gasteiger partial charge in [0.05, 0.1) is 16.3 Å². The SMILES string of the molecule is Cc1cc(S(=O)(=O)N2CCN(C(=O)Nc3ccc4c(c3)NC(=O)CS4)CC2)c(C)s1. The Balaban J connectivity index is 1.38. The van der Waals surface area contributed by atoms with E-state index in [1.165, 1.54) is 27.4 Å². The van der Waals surface area contributed by atoms with Crippen LogP contribution >= 0.6 is 23.1 Å². The minimum Gasteiger partial charge on any atom is -0.324 e. The van der Waals surface area contributed by atoms with E-state index in [1.54, 1.807) is 23.1 Å². The molecule has 0 atom stereocenters. The maximum Gasteiger partial charge on any atom is 0.321 e. The molecule has 1 fully saturated rings. The second-order valence-electron chi connectivity index (χ2n) is 7.15. The quantitative estimate of drug-likeness (QED) is 0.725. The van der Waals surface area contributed by atoms with Crippen LogP contribution in [0.2, 0.25) is 0 Å². The van der Waals surface area contributed by atoms with Crippen LogP contribution in [0.25, 0.3) is 0 Å². The third kappa shape index (κ3) is 4.20. The van der Waals surface area contributed by atoms with Crippen molar-refractivity contribution in [3.63, 3.8) is 0 Å². The van der Waals surface area contributed by atoms with Crippen molar-refractivity contribution in [1.82, 2.24) is 9.21 Å². The number of carbonyl (C=O) groups excluding carboxylic acids is 2. The number of anilines is 2. The van der Waals surface area contributed by atoms with Crippen molar-refractivity contribution < 1.29 is 18.0 Å². The van der Waals surface area contributed by atoms with Gasteiger partial charge in [-0.25, -0.2) is 13.2 Å². The summed E-state index contributed by atoms with van der Waals surface area (Å²) in [6.07, 6.45) is 0. The Hall–Kier alpha value is -2.08. The molecule has 2 aliphatic heterocycles. The summed E-state index contributed by atoms with van der Waals surface area (Å²) in [5.74, 6) is 0.320. The molecular weight excluding hydrogens is 444 g/mol. The number of piperazine rings is 1. The van der Waals surface area contributed by atoms with Crippen molar-refractivity contribution in [3.05, 3.63) is 34.0 Å². The normalized spacial score (nSPS) is 17.4. The summed E-state index contributed by atoms with van der Waals surface area (Å²) in [5, 5.41) is 5.63. The lowest BCUT2D eigenvalue weighted by Gasteiger charge is -2.34. The first-order chi connectivity index (χ1) is 14.2. The van der Waals surface area contributed by atoms with Crippen molar-refractivity contribution in [3.8, 4) is 0 Å². The Bertz CT molecular complexity index is 1100. The molecule has 11 heteroatoms. The molecule has 2 aromatic rings. The largest absolute Gasteiger partial charge is 0.324 e. The van der Waals surface area contributed by atoms with E-state index in [0.717, 1.165) is 14.6 Å². The third-order valence-corrected chi connectivity index (χ3v) is 9.20. The summed E-state index contributed by atoms with van der Waals surface area (Å²) in [6, 6.07) is 6.82. The number of rotatable bonds is 3. The number of hydrogen-bond acceptors (Lipinski definition) is 6. The highest BCUT2D eigenvalue weighted by molar-refractivity contribution is 8.00. The van der Waals surface area contributed by atoms with E-state index < -0.39 is 10.0 Å². The number of nitrogens with one attached hydrogen (secondary N) is 2. The van der Waals surface area contributed by atoms with Crippen molar-refractivity contribution in [2.75, 3.05) is 42.6 Å². The van der Waals surface area contributed by atoms with E-state index in [4.69, 9.17) is 0 Å². The average Bonchev–Trinajstić information content (AvgIpc) is 3.06. The molecule has 0 spiro atoms. The maximum atomic E-state index is 12.9. The first-order valence-corrected chi connectivity index (χ1v) is 12.7. The standard InChI is InChI=1S/C19H22N4O4S3/c1-12-9-17(13(2)29-12)30(26,27)23-7-5-22(6-8-23)19(25)20-14-3-4-16-15(10-14)21-18(24)11-28-16/h3-4,9-10H,5-8,11H2,1-2H3,(H,20,25)(H,21,24). The predicted octanol–water partition coefficient (Wildman–Crippen LogP) is 2.95. The lowest BCUT2D eigenvalue weighted by Crippen LogP contribution is -2.51. The number of amides is 3. The molecule has 1 saturated heterocycles. The molecule has 0 saturated carbocycles. The van der Waals surface area contributed by atoms with Crippen LogP contribution in [0.5, 0.6) is 0 Å². The van der Waals surface area contributed by atoms with Crippen molar-refractivity contribution in [2.45, 2.75) is 23.6 Å². The molecule has 30 heavy (non-hydrogen) atoms. The summed E-state index contributed by atoms with van der Waals surface area (Å²) in [4.78, 5) is 28.9. The van der Waals surface area contributed by atoms with Gasteiger partial charge in [0.2, 0.25) is 15.9 Å². The number of sulfonamides is 1. The maximum absolute atomic E-state index is 12.9. The van der Waals surface area contributed by atoms with Crippen LogP contribution in [0, 0.1) is 13.8 Å². The summed E-state index contributed by atoms with van der Waals surface area (Å²) in [5.41, 5.74) is 1.27. The van der Waals surface area contributed by atoms with Crippen LogP contribution < -0.4 is 10.6 Å². The van der Waals surface area contributed by atoms with E-state index in [-0.39, 0.29) is 25.0 Å². The number of benzene rings is 1. The van der Waals surface area contributed by atoms with Crippen LogP contribution in [0.15, 0.2) is 34.1 Å².